The fourth-order valence-electron chi connectivity index (χ4n) is 3.56. The minimum atomic E-state index is -0.843. The smallest absolute Gasteiger partial charge is 0.303 e. The summed E-state index contributed by atoms with van der Waals surface area (Å²) in [5.41, 5.74) is 14.5. The minimum absolute atomic E-state index is 0.0601. The summed E-state index contributed by atoms with van der Waals surface area (Å²) in [6.45, 7) is 0. The molecule has 0 saturated heterocycles. The van der Waals surface area contributed by atoms with Crippen molar-refractivity contribution in [3.05, 3.63) is 59.7 Å². The van der Waals surface area contributed by atoms with Crippen molar-refractivity contribution in [3.8, 4) is 0 Å². The van der Waals surface area contributed by atoms with Crippen LogP contribution in [0.4, 0.5) is 11.4 Å². The maximum absolute atomic E-state index is 11.0. The summed E-state index contributed by atoms with van der Waals surface area (Å²) in [5, 5.41) is 18.1. The molecule has 0 bridgehead atoms. The van der Waals surface area contributed by atoms with Crippen LogP contribution in [0.15, 0.2) is 48.5 Å². The highest BCUT2D eigenvalue weighted by Gasteiger charge is 2.33. The van der Waals surface area contributed by atoms with Gasteiger partial charge in [0.15, 0.2) is 0 Å². The van der Waals surface area contributed by atoms with E-state index in [1.165, 1.54) is 0 Å². The molecule has 144 valence electrons. The van der Waals surface area contributed by atoms with Crippen LogP contribution in [0.25, 0.3) is 0 Å². The van der Waals surface area contributed by atoms with Crippen molar-refractivity contribution in [2.24, 2.45) is 0 Å². The predicted octanol–water partition coefficient (Wildman–Crippen LogP) is 3.65. The molecule has 0 amide bonds. The van der Waals surface area contributed by atoms with Gasteiger partial charge < -0.3 is 21.7 Å². The molecule has 6 heteroatoms. The van der Waals surface area contributed by atoms with Crippen LogP contribution in [0.5, 0.6) is 0 Å². The summed E-state index contributed by atoms with van der Waals surface area (Å²) in [6, 6.07) is 15.0. The van der Waals surface area contributed by atoms with Crippen molar-refractivity contribution in [1.29, 1.82) is 0 Å². The maximum atomic E-state index is 11.0. The Hall–Kier alpha value is -3.02. The van der Waals surface area contributed by atoms with Gasteiger partial charge in [0.05, 0.1) is 0 Å². The summed E-state index contributed by atoms with van der Waals surface area (Å²) < 4.78 is 0. The highest BCUT2D eigenvalue weighted by Crippen LogP contribution is 2.42. The molecule has 0 unspecified atom stereocenters. The van der Waals surface area contributed by atoms with Crippen LogP contribution in [0, 0.1) is 0 Å². The third kappa shape index (κ3) is 5.48. The zero-order valence-electron chi connectivity index (χ0n) is 15.2. The van der Waals surface area contributed by atoms with Crippen molar-refractivity contribution in [2.45, 2.75) is 43.9 Å². The summed E-state index contributed by atoms with van der Waals surface area (Å²) in [4.78, 5) is 22.1. The molecular formula is C21H26N2O4. The molecule has 2 rings (SSSR count). The molecule has 0 radical (unpaired) electrons. The van der Waals surface area contributed by atoms with Crippen molar-refractivity contribution in [2.75, 3.05) is 11.5 Å². The van der Waals surface area contributed by atoms with Gasteiger partial charge in [0.2, 0.25) is 0 Å². The number of aliphatic carboxylic acids is 2. The molecule has 2 aromatic rings. The number of hydrogen-bond acceptors (Lipinski definition) is 4. The molecule has 0 atom stereocenters. The van der Waals surface area contributed by atoms with Crippen LogP contribution in [0.1, 0.15) is 49.7 Å². The Labute approximate surface area is 158 Å². The van der Waals surface area contributed by atoms with Crippen LogP contribution < -0.4 is 11.5 Å². The van der Waals surface area contributed by atoms with E-state index in [4.69, 9.17) is 21.7 Å². The van der Waals surface area contributed by atoms with Gasteiger partial charge in [0.1, 0.15) is 0 Å². The van der Waals surface area contributed by atoms with E-state index in [9.17, 15) is 9.59 Å². The Morgan fingerprint density at radius 2 is 1.04 bits per heavy atom. The van der Waals surface area contributed by atoms with E-state index in [1.54, 1.807) is 0 Å². The molecule has 2 aromatic carbocycles. The van der Waals surface area contributed by atoms with Crippen molar-refractivity contribution in [3.63, 3.8) is 0 Å². The molecule has 0 spiro atoms. The first-order valence-corrected chi connectivity index (χ1v) is 8.99. The lowest BCUT2D eigenvalue weighted by molar-refractivity contribution is -0.138. The number of carboxylic acid groups (broad SMARTS) is 2. The normalized spacial score (nSPS) is 11.3. The summed E-state index contributed by atoms with van der Waals surface area (Å²) in [6.07, 6.45) is 2.27. The maximum Gasteiger partial charge on any atom is 0.303 e. The van der Waals surface area contributed by atoms with Crippen LogP contribution in [-0.2, 0) is 15.0 Å². The molecule has 0 aliphatic heterocycles. The van der Waals surface area contributed by atoms with Gasteiger partial charge in [-0.05, 0) is 61.1 Å². The lowest BCUT2D eigenvalue weighted by Crippen LogP contribution is -2.28. The number of rotatable bonds is 10. The monoisotopic (exact) mass is 370 g/mol. The number of carboxylic acids is 2. The van der Waals surface area contributed by atoms with E-state index in [0.717, 1.165) is 11.1 Å². The molecule has 6 nitrogen and oxygen atoms in total. The second kappa shape index (κ2) is 9.07. The van der Waals surface area contributed by atoms with Gasteiger partial charge in [-0.2, -0.15) is 0 Å². The number of nitrogens with two attached hydrogens (primary N) is 2. The highest BCUT2D eigenvalue weighted by atomic mass is 16.4. The fraction of sp³-hybridized carbons (Fsp3) is 0.333. The second-order valence-corrected chi connectivity index (χ2v) is 6.82. The zero-order chi connectivity index (χ0) is 19.9. The quantitative estimate of drug-likeness (QED) is 0.473. The molecule has 0 fully saturated rings. The first-order chi connectivity index (χ1) is 12.8. The summed E-state index contributed by atoms with van der Waals surface area (Å²) >= 11 is 0. The van der Waals surface area contributed by atoms with Gasteiger partial charge >= 0.3 is 11.9 Å². The van der Waals surface area contributed by atoms with E-state index >= 15 is 0 Å². The average molecular weight is 370 g/mol. The van der Waals surface area contributed by atoms with Gasteiger partial charge in [-0.1, -0.05) is 24.3 Å². The van der Waals surface area contributed by atoms with Crippen LogP contribution in [0.2, 0.25) is 0 Å². The first kappa shape index (κ1) is 20.3. The molecule has 0 aromatic heterocycles. The molecular weight excluding hydrogens is 344 g/mol. The molecule has 0 heterocycles. The van der Waals surface area contributed by atoms with Crippen molar-refractivity contribution in [1.82, 2.24) is 0 Å². The number of benzene rings is 2. The van der Waals surface area contributed by atoms with E-state index in [1.807, 2.05) is 48.5 Å². The molecule has 6 N–H and O–H groups in total. The third-order valence-electron chi connectivity index (χ3n) is 4.91. The lowest BCUT2D eigenvalue weighted by atomic mass is 9.68. The standard InChI is InChI=1S/C21H26N2O4/c22-17-9-5-15(6-10-17)21(13-1-3-19(24)25,14-2-4-20(26)27)16-7-11-18(23)12-8-16/h5-12H,1-4,13-14,22-23H2,(H,24,25)(H,26,27). The van der Waals surface area contributed by atoms with Gasteiger partial charge in [0, 0.05) is 29.6 Å². The Morgan fingerprint density at radius 1 is 0.704 bits per heavy atom. The molecule has 27 heavy (non-hydrogen) atoms. The fourth-order valence-corrected chi connectivity index (χ4v) is 3.56. The zero-order valence-corrected chi connectivity index (χ0v) is 15.2. The predicted molar refractivity (Wildman–Crippen MR) is 105 cm³/mol. The SMILES string of the molecule is Nc1ccc(C(CCCC(=O)O)(CCCC(=O)O)c2ccc(N)cc2)cc1. The number of anilines is 2. The van der Waals surface area contributed by atoms with E-state index in [2.05, 4.69) is 0 Å². The van der Waals surface area contributed by atoms with E-state index < -0.39 is 17.4 Å². The average Bonchev–Trinajstić information content (AvgIpc) is 2.61. The van der Waals surface area contributed by atoms with E-state index in [-0.39, 0.29) is 12.8 Å². The summed E-state index contributed by atoms with van der Waals surface area (Å²) in [5.74, 6) is -1.69. The number of hydrogen-bond donors (Lipinski definition) is 4. The Bertz CT molecular complexity index is 702. The highest BCUT2D eigenvalue weighted by molar-refractivity contribution is 5.67. The molecule has 0 aliphatic carbocycles. The largest absolute Gasteiger partial charge is 0.481 e. The van der Waals surface area contributed by atoms with Gasteiger partial charge in [-0.3, -0.25) is 9.59 Å². The van der Waals surface area contributed by atoms with E-state index in [0.29, 0.717) is 37.1 Å². The number of carbonyl (C=O) groups is 2. The number of nitrogen functional groups attached to an aromatic ring is 2. The second-order valence-electron chi connectivity index (χ2n) is 6.82. The third-order valence-corrected chi connectivity index (χ3v) is 4.91. The van der Waals surface area contributed by atoms with Crippen molar-refractivity contribution < 1.29 is 19.8 Å². The summed E-state index contributed by atoms with van der Waals surface area (Å²) in [7, 11) is 0. The van der Waals surface area contributed by atoms with Gasteiger partial charge in [-0.15, -0.1) is 0 Å². The topological polar surface area (TPSA) is 127 Å². The van der Waals surface area contributed by atoms with Crippen LogP contribution >= 0.6 is 0 Å². The van der Waals surface area contributed by atoms with Gasteiger partial charge in [0.25, 0.3) is 0 Å². The molecule has 0 aliphatic rings. The Kier molecular flexibility index (Phi) is 6.82. The molecule has 0 saturated carbocycles. The van der Waals surface area contributed by atoms with Crippen molar-refractivity contribution >= 4 is 23.3 Å². The Balaban J connectivity index is 2.47. The van der Waals surface area contributed by atoms with Crippen LogP contribution in [0.3, 0.4) is 0 Å². The Morgan fingerprint density at radius 3 is 1.33 bits per heavy atom. The minimum Gasteiger partial charge on any atom is -0.481 e. The lowest BCUT2D eigenvalue weighted by Gasteiger charge is -2.36. The first-order valence-electron chi connectivity index (χ1n) is 8.99. The van der Waals surface area contributed by atoms with Crippen LogP contribution in [-0.4, -0.2) is 22.2 Å². The van der Waals surface area contributed by atoms with Gasteiger partial charge in [-0.25, -0.2) is 0 Å².